The number of nitrogens with zero attached hydrogens (tertiary/aromatic N) is 2. The van der Waals surface area contributed by atoms with Crippen LogP contribution < -0.4 is 11.2 Å². The van der Waals surface area contributed by atoms with Crippen LogP contribution in [0, 0.1) is 0 Å². The fraction of sp³-hybridized carbons (Fsp3) is 0. The zero-order valence-corrected chi connectivity index (χ0v) is 8.24. The van der Waals surface area contributed by atoms with Crippen molar-refractivity contribution in [2.45, 2.75) is 0 Å². The van der Waals surface area contributed by atoms with E-state index in [9.17, 15) is 0 Å². The minimum absolute atomic E-state index is 0.151. The number of thiocarbonyl (C=S) groups is 1. The first-order chi connectivity index (χ1) is 6.79. The molecule has 1 rings (SSSR count). The molecule has 4 nitrogen and oxygen atoms in total. The Hall–Kier alpha value is -1.75. The van der Waals surface area contributed by atoms with Crippen molar-refractivity contribution in [2.75, 3.05) is 0 Å². The van der Waals surface area contributed by atoms with E-state index >= 15 is 0 Å². The maximum atomic E-state index is 5.16. The van der Waals surface area contributed by atoms with Gasteiger partial charge in [-0.2, -0.15) is 5.10 Å². The predicted molar refractivity (Wildman–Crippen MR) is 61.7 cm³/mol. The Morgan fingerprint density at radius 3 is 2.86 bits per heavy atom. The molecule has 0 amide bonds. The molecule has 0 fully saturated rings. The van der Waals surface area contributed by atoms with Gasteiger partial charge in [0.15, 0.2) is 5.11 Å². The van der Waals surface area contributed by atoms with Crippen molar-refractivity contribution >= 4 is 29.6 Å². The Morgan fingerprint density at radius 1 is 1.50 bits per heavy atom. The minimum atomic E-state index is 0.151. The summed E-state index contributed by atoms with van der Waals surface area (Å²) in [6, 6.07) is 3.79. The zero-order chi connectivity index (χ0) is 10.2. The minimum Gasteiger partial charge on any atom is -0.375 e. The van der Waals surface area contributed by atoms with E-state index in [-0.39, 0.29) is 5.11 Å². The standard InChI is InChI=1S/C9H10N4S/c10-9(14)13-12-5-1-2-8-3-6-11-7-4-8/h1-7H,(H3,10,13,14)/b2-1+,12-5+. The van der Waals surface area contributed by atoms with E-state index in [2.05, 4.69) is 27.7 Å². The van der Waals surface area contributed by atoms with E-state index in [0.717, 1.165) is 5.56 Å². The van der Waals surface area contributed by atoms with Gasteiger partial charge >= 0.3 is 0 Å². The first-order valence-electron chi connectivity index (χ1n) is 3.94. The Balaban J connectivity index is 2.42. The van der Waals surface area contributed by atoms with Gasteiger partial charge in [0.05, 0.1) is 0 Å². The summed E-state index contributed by atoms with van der Waals surface area (Å²) in [7, 11) is 0. The van der Waals surface area contributed by atoms with Gasteiger partial charge in [0.2, 0.25) is 0 Å². The summed E-state index contributed by atoms with van der Waals surface area (Å²) in [4.78, 5) is 3.90. The molecule has 5 heteroatoms. The molecule has 3 N–H and O–H groups in total. The number of pyridine rings is 1. The highest BCUT2D eigenvalue weighted by Crippen LogP contribution is 1.97. The van der Waals surface area contributed by atoms with Gasteiger partial charge in [-0.15, -0.1) is 0 Å². The number of hydrazone groups is 1. The van der Waals surface area contributed by atoms with Crippen LogP contribution in [0.2, 0.25) is 0 Å². The second-order valence-electron chi connectivity index (χ2n) is 2.39. The van der Waals surface area contributed by atoms with Gasteiger partial charge in [-0.3, -0.25) is 10.4 Å². The molecule has 1 aromatic rings. The highest BCUT2D eigenvalue weighted by Gasteiger charge is 1.81. The van der Waals surface area contributed by atoms with E-state index in [0.29, 0.717) is 0 Å². The van der Waals surface area contributed by atoms with Crippen LogP contribution in [0.15, 0.2) is 35.7 Å². The molecule has 0 unspecified atom stereocenters. The molecule has 72 valence electrons. The Bertz CT molecular complexity index is 345. The lowest BCUT2D eigenvalue weighted by molar-refractivity contribution is 1.04. The van der Waals surface area contributed by atoms with Crippen LogP contribution in [0.5, 0.6) is 0 Å². The number of allylic oxidation sites excluding steroid dienone is 1. The monoisotopic (exact) mass is 206 g/mol. The molecule has 0 bridgehead atoms. The van der Waals surface area contributed by atoms with Gasteiger partial charge in [0, 0.05) is 18.6 Å². The van der Waals surface area contributed by atoms with Crippen LogP contribution in [0.1, 0.15) is 5.56 Å². The van der Waals surface area contributed by atoms with Crippen molar-refractivity contribution in [1.29, 1.82) is 0 Å². The number of hydrogen-bond acceptors (Lipinski definition) is 3. The highest BCUT2D eigenvalue weighted by atomic mass is 32.1. The van der Waals surface area contributed by atoms with Gasteiger partial charge in [-0.25, -0.2) is 0 Å². The Labute approximate surface area is 87.5 Å². The lowest BCUT2D eigenvalue weighted by Crippen LogP contribution is -2.23. The third kappa shape index (κ3) is 4.32. The quantitative estimate of drug-likeness (QED) is 0.438. The summed E-state index contributed by atoms with van der Waals surface area (Å²) in [6.45, 7) is 0. The lowest BCUT2D eigenvalue weighted by atomic mass is 10.2. The van der Waals surface area contributed by atoms with Gasteiger partial charge < -0.3 is 5.73 Å². The number of aromatic nitrogens is 1. The summed E-state index contributed by atoms with van der Waals surface area (Å²) in [5.74, 6) is 0. The van der Waals surface area contributed by atoms with Gasteiger partial charge in [-0.05, 0) is 36.0 Å². The van der Waals surface area contributed by atoms with Crippen molar-refractivity contribution in [2.24, 2.45) is 10.8 Å². The van der Waals surface area contributed by atoms with Crippen LogP contribution in [-0.2, 0) is 0 Å². The van der Waals surface area contributed by atoms with E-state index in [4.69, 9.17) is 5.73 Å². The second-order valence-corrected chi connectivity index (χ2v) is 2.83. The smallest absolute Gasteiger partial charge is 0.184 e. The maximum absolute atomic E-state index is 5.16. The molecule has 1 heterocycles. The average Bonchev–Trinajstić information content (AvgIpc) is 2.18. The van der Waals surface area contributed by atoms with Gasteiger partial charge in [0.1, 0.15) is 0 Å². The average molecular weight is 206 g/mol. The summed E-state index contributed by atoms with van der Waals surface area (Å²) < 4.78 is 0. The fourth-order valence-electron chi connectivity index (χ4n) is 0.773. The van der Waals surface area contributed by atoms with Crippen LogP contribution in [0.3, 0.4) is 0 Å². The topological polar surface area (TPSA) is 63.3 Å². The lowest BCUT2D eigenvalue weighted by Gasteiger charge is -1.91. The zero-order valence-electron chi connectivity index (χ0n) is 7.42. The van der Waals surface area contributed by atoms with E-state index in [1.807, 2.05) is 18.2 Å². The van der Waals surface area contributed by atoms with E-state index in [1.54, 1.807) is 24.7 Å². The van der Waals surface area contributed by atoms with Crippen LogP contribution in [0.4, 0.5) is 0 Å². The molecule has 14 heavy (non-hydrogen) atoms. The number of nitrogens with one attached hydrogen (secondary N) is 1. The first kappa shape index (κ1) is 10.3. The van der Waals surface area contributed by atoms with E-state index < -0.39 is 0 Å². The predicted octanol–water partition coefficient (Wildman–Crippen LogP) is 0.914. The molecular weight excluding hydrogens is 196 g/mol. The van der Waals surface area contributed by atoms with Crippen LogP contribution in [0.25, 0.3) is 6.08 Å². The summed E-state index contributed by atoms with van der Waals surface area (Å²) in [5.41, 5.74) is 8.66. The molecule has 0 aliphatic carbocycles. The normalized spacial score (nSPS) is 10.9. The number of nitrogens with two attached hydrogens (primary N) is 1. The largest absolute Gasteiger partial charge is 0.375 e. The van der Waals surface area contributed by atoms with Crippen molar-refractivity contribution in [3.63, 3.8) is 0 Å². The van der Waals surface area contributed by atoms with Gasteiger partial charge in [0.25, 0.3) is 0 Å². The maximum Gasteiger partial charge on any atom is 0.184 e. The summed E-state index contributed by atoms with van der Waals surface area (Å²) in [5, 5.41) is 3.89. The third-order valence-electron chi connectivity index (χ3n) is 1.33. The van der Waals surface area contributed by atoms with Crippen molar-refractivity contribution in [3.8, 4) is 0 Å². The highest BCUT2D eigenvalue weighted by molar-refractivity contribution is 7.80. The molecule has 0 atom stereocenters. The molecule has 0 saturated carbocycles. The van der Waals surface area contributed by atoms with Crippen LogP contribution in [-0.4, -0.2) is 16.3 Å². The van der Waals surface area contributed by atoms with E-state index in [1.165, 1.54) is 0 Å². The first-order valence-corrected chi connectivity index (χ1v) is 4.35. The molecule has 0 aliphatic rings. The Morgan fingerprint density at radius 2 is 2.21 bits per heavy atom. The van der Waals surface area contributed by atoms with Crippen LogP contribution >= 0.6 is 12.2 Å². The molecule has 0 saturated heterocycles. The molecule has 0 aliphatic heterocycles. The van der Waals surface area contributed by atoms with Crippen molar-refractivity contribution in [1.82, 2.24) is 10.4 Å². The second kappa shape index (κ2) is 5.82. The van der Waals surface area contributed by atoms with Crippen molar-refractivity contribution < 1.29 is 0 Å². The van der Waals surface area contributed by atoms with Crippen molar-refractivity contribution in [3.05, 3.63) is 36.2 Å². The number of rotatable bonds is 3. The molecule has 0 aromatic carbocycles. The molecule has 0 radical (unpaired) electrons. The summed E-state index contributed by atoms with van der Waals surface area (Å²) >= 11 is 4.56. The van der Waals surface area contributed by atoms with Gasteiger partial charge in [-0.1, -0.05) is 6.08 Å². The summed E-state index contributed by atoms with van der Waals surface area (Å²) in [6.07, 6.45) is 8.70. The SMILES string of the molecule is NC(=S)N/N=C/C=C/c1ccncc1. The molecular formula is C9H10N4S. The Kier molecular flexibility index (Phi) is 4.30. The molecule has 1 aromatic heterocycles. The number of hydrogen-bond donors (Lipinski definition) is 2. The molecule has 0 spiro atoms. The third-order valence-corrected chi connectivity index (χ3v) is 1.42. The fourth-order valence-corrected chi connectivity index (χ4v) is 0.825.